The largest absolute Gasteiger partial charge is 0.449 e. The van der Waals surface area contributed by atoms with Crippen LogP contribution in [0.15, 0.2) is 54.6 Å². The molecular formula is C22H23N3O5. The first kappa shape index (κ1) is 21.0. The molecule has 0 aromatic heterocycles. The number of carbonyl (C=O) groups is 4. The van der Waals surface area contributed by atoms with Crippen molar-refractivity contribution in [3.63, 3.8) is 0 Å². The molecule has 0 unspecified atom stereocenters. The van der Waals surface area contributed by atoms with Crippen molar-refractivity contribution in [2.45, 2.75) is 32.0 Å². The molecule has 0 bridgehead atoms. The normalized spacial score (nSPS) is 18.9. The molecule has 0 saturated carbocycles. The summed E-state index contributed by atoms with van der Waals surface area (Å²) in [6, 6.07) is 15.1. The van der Waals surface area contributed by atoms with Crippen LogP contribution in [0.2, 0.25) is 0 Å². The molecule has 3 rings (SSSR count). The van der Waals surface area contributed by atoms with Crippen LogP contribution in [0.5, 0.6) is 0 Å². The summed E-state index contributed by atoms with van der Waals surface area (Å²) in [7, 11) is 1.64. The molecule has 8 nitrogen and oxygen atoms in total. The van der Waals surface area contributed by atoms with E-state index in [0.717, 1.165) is 5.56 Å². The highest BCUT2D eigenvalue weighted by atomic mass is 16.5. The van der Waals surface area contributed by atoms with Crippen LogP contribution >= 0.6 is 0 Å². The number of carbonyl (C=O) groups excluding carboxylic acids is 4. The van der Waals surface area contributed by atoms with Gasteiger partial charge in [-0.25, -0.2) is 9.59 Å². The zero-order valence-electron chi connectivity index (χ0n) is 17.0. The monoisotopic (exact) mass is 409 g/mol. The standard InChI is InChI=1S/C22H23N3O5/c1-14(18(26)25(3)13-15-8-5-4-6-9-15)30-19(27)16-10-7-11-17(12-16)22(2)20(28)23-21(29)24-22/h4-12,14H,13H2,1-3H3,(H2,23,24,28,29)/t14-,22-/m1/s1. The first-order chi connectivity index (χ1) is 14.2. The SMILES string of the molecule is C[C@@H](OC(=O)c1cccc([C@@]2(C)NC(=O)NC2=O)c1)C(=O)N(C)Cc1ccccc1. The lowest BCUT2D eigenvalue weighted by molar-refractivity contribution is -0.139. The van der Waals surface area contributed by atoms with Gasteiger partial charge in [0.25, 0.3) is 11.8 Å². The van der Waals surface area contributed by atoms with E-state index in [0.29, 0.717) is 12.1 Å². The van der Waals surface area contributed by atoms with Gasteiger partial charge in [-0.3, -0.25) is 14.9 Å². The number of rotatable bonds is 6. The van der Waals surface area contributed by atoms with Crippen LogP contribution in [0.25, 0.3) is 0 Å². The lowest BCUT2D eigenvalue weighted by Gasteiger charge is -2.23. The molecule has 1 heterocycles. The summed E-state index contributed by atoms with van der Waals surface area (Å²) in [5, 5.41) is 4.73. The fourth-order valence-electron chi connectivity index (χ4n) is 3.23. The molecule has 1 fully saturated rings. The average Bonchev–Trinajstić information content (AvgIpc) is 3.00. The Bertz CT molecular complexity index is 991. The van der Waals surface area contributed by atoms with Crippen molar-refractivity contribution < 1.29 is 23.9 Å². The summed E-state index contributed by atoms with van der Waals surface area (Å²) < 4.78 is 5.34. The maximum Gasteiger partial charge on any atom is 0.338 e. The second kappa shape index (κ2) is 8.36. The highest BCUT2D eigenvalue weighted by Crippen LogP contribution is 2.25. The van der Waals surface area contributed by atoms with Crippen molar-refractivity contribution >= 4 is 23.8 Å². The third-order valence-corrected chi connectivity index (χ3v) is 4.99. The molecule has 2 aromatic carbocycles. The van der Waals surface area contributed by atoms with Crippen LogP contribution in [0.3, 0.4) is 0 Å². The van der Waals surface area contributed by atoms with E-state index in [9.17, 15) is 19.2 Å². The van der Waals surface area contributed by atoms with E-state index < -0.39 is 29.6 Å². The van der Waals surface area contributed by atoms with Crippen LogP contribution in [0.4, 0.5) is 4.79 Å². The first-order valence-electron chi connectivity index (χ1n) is 9.45. The van der Waals surface area contributed by atoms with Gasteiger partial charge in [-0.05, 0) is 37.1 Å². The molecule has 0 aliphatic carbocycles. The second-order valence-electron chi connectivity index (χ2n) is 7.34. The summed E-state index contributed by atoms with van der Waals surface area (Å²) in [6.07, 6.45) is -0.986. The van der Waals surface area contributed by atoms with Crippen LogP contribution in [-0.2, 0) is 26.4 Å². The van der Waals surface area contributed by atoms with Crippen molar-refractivity contribution in [2.75, 3.05) is 7.05 Å². The van der Waals surface area contributed by atoms with Crippen molar-refractivity contribution in [2.24, 2.45) is 0 Å². The minimum atomic E-state index is -1.29. The predicted octanol–water partition coefficient (Wildman–Crippen LogP) is 1.95. The number of amides is 4. The highest BCUT2D eigenvalue weighted by molar-refractivity contribution is 6.07. The van der Waals surface area contributed by atoms with Gasteiger partial charge < -0.3 is 15.0 Å². The summed E-state index contributed by atoms with van der Waals surface area (Å²) in [5.41, 5.74) is 0.281. The molecule has 2 atom stereocenters. The van der Waals surface area contributed by atoms with Gasteiger partial charge in [-0.1, -0.05) is 42.5 Å². The molecule has 1 aliphatic rings. The van der Waals surface area contributed by atoms with E-state index in [4.69, 9.17) is 4.74 Å². The average molecular weight is 409 g/mol. The molecule has 1 aliphatic heterocycles. The van der Waals surface area contributed by atoms with Gasteiger partial charge in [0, 0.05) is 13.6 Å². The number of hydrogen-bond acceptors (Lipinski definition) is 5. The quantitative estimate of drug-likeness (QED) is 0.560. The molecule has 1 saturated heterocycles. The van der Waals surface area contributed by atoms with Crippen molar-refractivity contribution in [1.82, 2.24) is 15.5 Å². The lowest BCUT2D eigenvalue weighted by atomic mass is 9.91. The Morgan fingerprint density at radius 1 is 1.10 bits per heavy atom. The number of hydrogen-bond donors (Lipinski definition) is 2. The molecule has 2 aromatic rings. The predicted molar refractivity (Wildman–Crippen MR) is 108 cm³/mol. The Kier molecular flexibility index (Phi) is 5.86. The van der Waals surface area contributed by atoms with Gasteiger partial charge in [-0.2, -0.15) is 0 Å². The second-order valence-corrected chi connectivity index (χ2v) is 7.34. The van der Waals surface area contributed by atoms with Gasteiger partial charge >= 0.3 is 12.0 Å². The van der Waals surface area contributed by atoms with E-state index in [1.165, 1.54) is 24.0 Å². The Morgan fingerprint density at radius 3 is 2.43 bits per heavy atom. The van der Waals surface area contributed by atoms with Crippen LogP contribution < -0.4 is 10.6 Å². The number of esters is 1. The molecule has 156 valence electrons. The number of urea groups is 1. The topological polar surface area (TPSA) is 105 Å². The molecule has 0 spiro atoms. The molecule has 8 heteroatoms. The zero-order chi connectivity index (χ0) is 21.9. The van der Waals surface area contributed by atoms with Crippen molar-refractivity contribution in [3.05, 3.63) is 71.3 Å². The fourth-order valence-corrected chi connectivity index (χ4v) is 3.23. The fraction of sp³-hybridized carbons (Fsp3) is 0.273. The van der Waals surface area contributed by atoms with Gasteiger partial charge in [0.05, 0.1) is 5.56 Å². The van der Waals surface area contributed by atoms with E-state index >= 15 is 0 Å². The Morgan fingerprint density at radius 2 is 1.80 bits per heavy atom. The molecule has 4 amide bonds. The molecule has 30 heavy (non-hydrogen) atoms. The summed E-state index contributed by atoms with van der Waals surface area (Å²) in [4.78, 5) is 50.3. The zero-order valence-corrected chi connectivity index (χ0v) is 17.0. The van der Waals surface area contributed by atoms with Crippen LogP contribution in [-0.4, -0.2) is 41.9 Å². The number of ether oxygens (including phenoxy) is 1. The summed E-state index contributed by atoms with van der Waals surface area (Å²) in [5.74, 6) is -1.54. The van der Waals surface area contributed by atoms with Crippen molar-refractivity contribution in [1.29, 1.82) is 0 Å². The van der Waals surface area contributed by atoms with Gasteiger partial charge in [0.15, 0.2) is 6.10 Å². The van der Waals surface area contributed by atoms with Crippen LogP contribution in [0.1, 0.15) is 35.3 Å². The minimum Gasteiger partial charge on any atom is -0.449 e. The van der Waals surface area contributed by atoms with Crippen LogP contribution in [0, 0.1) is 0 Å². The third kappa shape index (κ3) is 4.32. The van der Waals surface area contributed by atoms with E-state index in [-0.39, 0.29) is 11.5 Å². The number of nitrogens with zero attached hydrogens (tertiary/aromatic N) is 1. The number of imide groups is 1. The molecule has 2 N–H and O–H groups in total. The van der Waals surface area contributed by atoms with Gasteiger partial charge in [0.1, 0.15) is 5.54 Å². The molecular weight excluding hydrogens is 386 g/mol. The van der Waals surface area contributed by atoms with E-state index in [2.05, 4.69) is 10.6 Å². The Labute approximate surface area is 174 Å². The lowest BCUT2D eigenvalue weighted by Crippen LogP contribution is -2.40. The number of likely N-dealkylation sites (N-methyl/N-ethyl adjacent to an activating group) is 1. The first-order valence-corrected chi connectivity index (χ1v) is 9.45. The van der Waals surface area contributed by atoms with E-state index in [1.807, 2.05) is 30.3 Å². The smallest absolute Gasteiger partial charge is 0.338 e. The van der Waals surface area contributed by atoms with Gasteiger partial charge in [-0.15, -0.1) is 0 Å². The Hall–Kier alpha value is -3.68. The number of benzene rings is 2. The Balaban J connectivity index is 1.67. The van der Waals surface area contributed by atoms with E-state index in [1.54, 1.807) is 26.1 Å². The third-order valence-electron chi connectivity index (χ3n) is 4.99. The minimum absolute atomic E-state index is 0.174. The summed E-state index contributed by atoms with van der Waals surface area (Å²) >= 11 is 0. The maximum absolute atomic E-state index is 12.6. The van der Waals surface area contributed by atoms with Crippen molar-refractivity contribution in [3.8, 4) is 0 Å². The maximum atomic E-state index is 12.6. The molecule has 0 radical (unpaired) electrons. The summed E-state index contributed by atoms with van der Waals surface area (Å²) in [6.45, 7) is 3.45. The van der Waals surface area contributed by atoms with Gasteiger partial charge in [0.2, 0.25) is 0 Å². The highest BCUT2D eigenvalue weighted by Gasteiger charge is 2.43. The number of nitrogens with one attached hydrogen (secondary N) is 2.